The van der Waals surface area contributed by atoms with E-state index in [1.807, 2.05) is 28.8 Å². The van der Waals surface area contributed by atoms with E-state index in [-0.39, 0.29) is 24.0 Å². The minimum absolute atomic E-state index is 0.0612. The van der Waals surface area contributed by atoms with Gasteiger partial charge in [0.25, 0.3) is 5.91 Å². The van der Waals surface area contributed by atoms with E-state index >= 15 is 0 Å². The van der Waals surface area contributed by atoms with Crippen molar-refractivity contribution in [2.24, 2.45) is 0 Å². The number of nitro benzene ring substituents is 1. The van der Waals surface area contributed by atoms with Gasteiger partial charge in [-0.3, -0.25) is 19.3 Å². The van der Waals surface area contributed by atoms with Gasteiger partial charge in [-0.25, -0.2) is 0 Å². The molecule has 25 heavy (non-hydrogen) atoms. The fourth-order valence-electron chi connectivity index (χ4n) is 2.30. The zero-order valence-corrected chi connectivity index (χ0v) is 13.2. The summed E-state index contributed by atoms with van der Waals surface area (Å²) in [5.74, 6) is 0.425. The van der Waals surface area contributed by atoms with Crippen LogP contribution in [0.4, 0.5) is 5.69 Å². The summed E-state index contributed by atoms with van der Waals surface area (Å²) < 4.78 is 7.07. The van der Waals surface area contributed by atoms with Crippen LogP contribution in [0.2, 0.25) is 0 Å². The molecule has 9 nitrogen and oxygen atoms in total. The van der Waals surface area contributed by atoms with Gasteiger partial charge in [-0.2, -0.15) is 0 Å². The molecule has 2 heterocycles. The van der Waals surface area contributed by atoms with Crippen molar-refractivity contribution in [1.82, 2.24) is 19.9 Å². The van der Waals surface area contributed by atoms with E-state index in [1.54, 1.807) is 6.07 Å². The second-order valence-corrected chi connectivity index (χ2v) is 5.16. The first-order chi connectivity index (χ1) is 12.1. The molecule has 2 aromatic heterocycles. The monoisotopic (exact) mass is 341 g/mol. The number of nitrogens with zero attached hydrogens (tertiary/aromatic N) is 4. The molecule has 0 atom stereocenters. The number of pyridine rings is 1. The smallest absolute Gasteiger partial charge is 0.310 e. The van der Waals surface area contributed by atoms with Crippen LogP contribution in [0.25, 0.3) is 5.65 Å². The SMILES string of the molecule is O=C(COc1ccccc1[N+](=O)[O-])NCCc1nnc2ccccn12. The molecule has 0 spiro atoms. The van der Waals surface area contributed by atoms with Gasteiger partial charge >= 0.3 is 5.69 Å². The van der Waals surface area contributed by atoms with E-state index in [1.165, 1.54) is 18.2 Å². The summed E-state index contributed by atoms with van der Waals surface area (Å²) in [7, 11) is 0. The Bertz CT molecular complexity index is 908. The number of fused-ring (bicyclic) bond motifs is 1. The first-order valence-corrected chi connectivity index (χ1v) is 7.56. The Balaban J connectivity index is 1.50. The van der Waals surface area contributed by atoms with Crippen LogP contribution in [-0.2, 0) is 11.2 Å². The highest BCUT2D eigenvalue weighted by Gasteiger charge is 2.14. The quantitative estimate of drug-likeness (QED) is 0.513. The number of para-hydroxylation sites is 2. The summed E-state index contributed by atoms with van der Waals surface area (Å²) in [6.07, 6.45) is 2.35. The highest BCUT2D eigenvalue weighted by atomic mass is 16.6. The molecule has 0 fully saturated rings. The molecule has 0 aliphatic heterocycles. The number of hydrogen-bond acceptors (Lipinski definition) is 6. The third kappa shape index (κ3) is 3.89. The maximum atomic E-state index is 11.8. The van der Waals surface area contributed by atoms with Crippen LogP contribution < -0.4 is 10.1 Å². The van der Waals surface area contributed by atoms with E-state index in [2.05, 4.69) is 15.5 Å². The third-order valence-electron chi connectivity index (χ3n) is 3.48. The predicted octanol–water partition coefficient (Wildman–Crippen LogP) is 1.38. The largest absolute Gasteiger partial charge is 0.477 e. The van der Waals surface area contributed by atoms with Crippen molar-refractivity contribution in [3.05, 3.63) is 64.6 Å². The lowest BCUT2D eigenvalue weighted by atomic mass is 10.3. The second-order valence-electron chi connectivity index (χ2n) is 5.16. The molecule has 1 N–H and O–H groups in total. The Kier molecular flexibility index (Phi) is 4.84. The van der Waals surface area contributed by atoms with Gasteiger partial charge in [-0.05, 0) is 18.2 Å². The standard InChI is InChI=1S/C16H15N5O4/c22-16(11-25-13-6-2-1-5-12(13)21(23)24)17-9-8-15-19-18-14-7-3-4-10-20(14)15/h1-7,10H,8-9,11H2,(H,17,22). The maximum absolute atomic E-state index is 11.8. The lowest BCUT2D eigenvalue weighted by molar-refractivity contribution is -0.385. The van der Waals surface area contributed by atoms with Crippen molar-refractivity contribution < 1.29 is 14.5 Å². The third-order valence-corrected chi connectivity index (χ3v) is 3.48. The molecular weight excluding hydrogens is 326 g/mol. The average molecular weight is 341 g/mol. The first kappa shape index (κ1) is 16.4. The van der Waals surface area contributed by atoms with Crippen LogP contribution in [0.1, 0.15) is 5.82 Å². The summed E-state index contributed by atoms with van der Waals surface area (Å²) >= 11 is 0. The average Bonchev–Trinajstić information content (AvgIpc) is 3.03. The number of benzene rings is 1. The number of nitrogens with one attached hydrogen (secondary N) is 1. The van der Waals surface area contributed by atoms with Gasteiger partial charge in [0.1, 0.15) is 5.82 Å². The minimum Gasteiger partial charge on any atom is -0.477 e. The molecule has 0 radical (unpaired) electrons. The van der Waals surface area contributed by atoms with Crippen molar-refractivity contribution in [1.29, 1.82) is 0 Å². The number of hydrogen-bond donors (Lipinski definition) is 1. The molecule has 3 rings (SSSR count). The molecule has 9 heteroatoms. The zero-order chi connectivity index (χ0) is 17.6. The predicted molar refractivity (Wildman–Crippen MR) is 88.3 cm³/mol. The van der Waals surface area contributed by atoms with E-state index in [0.717, 1.165) is 11.5 Å². The van der Waals surface area contributed by atoms with Crippen LogP contribution in [0, 0.1) is 10.1 Å². The van der Waals surface area contributed by atoms with Gasteiger partial charge in [-0.1, -0.05) is 18.2 Å². The highest BCUT2D eigenvalue weighted by molar-refractivity contribution is 5.77. The van der Waals surface area contributed by atoms with Crippen LogP contribution >= 0.6 is 0 Å². The molecule has 0 bridgehead atoms. The van der Waals surface area contributed by atoms with E-state index < -0.39 is 4.92 Å². The Morgan fingerprint density at radius 3 is 2.84 bits per heavy atom. The number of carbonyl (C=O) groups is 1. The molecule has 1 aromatic carbocycles. The Hall–Kier alpha value is -3.49. The van der Waals surface area contributed by atoms with Crippen LogP contribution in [0.3, 0.4) is 0 Å². The normalized spacial score (nSPS) is 10.6. The van der Waals surface area contributed by atoms with E-state index in [9.17, 15) is 14.9 Å². The second kappa shape index (κ2) is 7.39. The Labute approximate surface area is 142 Å². The van der Waals surface area contributed by atoms with Crippen LogP contribution in [-0.4, -0.2) is 38.6 Å². The van der Waals surface area contributed by atoms with E-state index in [4.69, 9.17) is 4.74 Å². The van der Waals surface area contributed by atoms with Gasteiger partial charge in [0.15, 0.2) is 18.0 Å². The summed E-state index contributed by atoms with van der Waals surface area (Å²) in [5, 5.41) is 21.7. The lowest BCUT2D eigenvalue weighted by Gasteiger charge is -2.07. The van der Waals surface area contributed by atoms with Gasteiger partial charge < -0.3 is 10.1 Å². The Morgan fingerprint density at radius 1 is 1.20 bits per heavy atom. The number of rotatable bonds is 7. The summed E-state index contributed by atoms with van der Waals surface area (Å²) in [5.41, 5.74) is 0.564. The maximum Gasteiger partial charge on any atom is 0.310 e. The van der Waals surface area contributed by atoms with Crippen molar-refractivity contribution in [2.75, 3.05) is 13.2 Å². The highest BCUT2D eigenvalue weighted by Crippen LogP contribution is 2.25. The number of nitro groups is 1. The molecule has 0 saturated carbocycles. The van der Waals surface area contributed by atoms with Crippen molar-refractivity contribution in [3.8, 4) is 5.75 Å². The zero-order valence-electron chi connectivity index (χ0n) is 13.2. The molecule has 128 valence electrons. The van der Waals surface area contributed by atoms with Gasteiger partial charge in [0.05, 0.1) is 4.92 Å². The summed E-state index contributed by atoms with van der Waals surface area (Å²) in [6, 6.07) is 11.5. The number of carbonyl (C=O) groups excluding carboxylic acids is 1. The van der Waals surface area contributed by atoms with Crippen molar-refractivity contribution >= 4 is 17.2 Å². The molecule has 0 aliphatic carbocycles. The first-order valence-electron chi connectivity index (χ1n) is 7.56. The summed E-state index contributed by atoms with van der Waals surface area (Å²) in [4.78, 5) is 22.2. The fourth-order valence-corrected chi connectivity index (χ4v) is 2.30. The van der Waals surface area contributed by atoms with Gasteiger partial charge in [-0.15, -0.1) is 10.2 Å². The molecule has 0 aliphatic rings. The Morgan fingerprint density at radius 2 is 2.00 bits per heavy atom. The van der Waals surface area contributed by atoms with Gasteiger partial charge in [0, 0.05) is 25.2 Å². The van der Waals surface area contributed by atoms with Gasteiger partial charge in [0.2, 0.25) is 0 Å². The molecule has 0 saturated heterocycles. The minimum atomic E-state index is -0.552. The lowest BCUT2D eigenvalue weighted by Crippen LogP contribution is -2.31. The van der Waals surface area contributed by atoms with E-state index in [0.29, 0.717) is 13.0 Å². The molecule has 3 aromatic rings. The topological polar surface area (TPSA) is 112 Å². The molecular formula is C16H15N5O4. The molecule has 1 amide bonds. The number of aromatic nitrogens is 3. The van der Waals surface area contributed by atoms with Crippen molar-refractivity contribution in [2.45, 2.75) is 6.42 Å². The van der Waals surface area contributed by atoms with Crippen LogP contribution in [0.5, 0.6) is 5.75 Å². The van der Waals surface area contributed by atoms with Crippen LogP contribution in [0.15, 0.2) is 48.7 Å². The summed E-state index contributed by atoms with van der Waals surface area (Å²) in [6.45, 7) is 0.0558. The fraction of sp³-hybridized carbons (Fsp3) is 0.188. The number of ether oxygens (including phenoxy) is 1. The molecule has 0 unspecified atom stereocenters. The van der Waals surface area contributed by atoms with Crippen molar-refractivity contribution in [3.63, 3.8) is 0 Å². The number of amides is 1.